The van der Waals surface area contributed by atoms with Crippen LogP contribution >= 0.6 is 15.9 Å². The summed E-state index contributed by atoms with van der Waals surface area (Å²) in [4.78, 5) is 13.8. The lowest BCUT2D eigenvalue weighted by Crippen LogP contribution is -2.13. The number of aromatic nitrogens is 1. The average Bonchev–Trinajstić information content (AvgIpc) is 2.38. The molecule has 2 aromatic rings. The summed E-state index contributed by atoms with van der Waals surface area (Å²) in [6, 6.07) is 9.37. The van der Waals surface area contributed by atoms with Gasteiger partial charge in [0.15, 0.2) is 0 Å². The van der Waals surface area contributed by atoms with E-state index in [9.17, 15) is 18.5 Å². The molecule has 1 heterocycles. The topological polar surface area (TPSA) is 102 Å². The fourth-order valence-corrected chi connectivity index (χ4v) is 2.75. The zero-order chi connectivity index (χ0) is 14.8. The first-order chi connectivity index (χ1) is 9.38. The van der Waals surface area contributed by atoms with Crippen LogP contribution in [-0.4, -0.2) is 18.3 Å². The van der Waals surface area contributed by atoms with Crippen molar-refractivity contribution in [3.05, 3.63) is 57.2 Å². The van der Waals surface area contributed by atoms with Gasteiger partial charge in [-0.1, -0.05) is 6.07 Å². The van der Waals surface area contributed by atoms with Crippen molar-refractivity contribution in [1.82, 2.24) is 4.98 Å². The number of hydrogen-bond donors (Lipinski definition) is 1. The predicted molar refractivity (Wildman–Crippen MR) is 75.8 cm³/mol. The van der Waals surface area contributed by atoms with E-state index in [1.165, 1.54) is 18.2 Å². The Labute approximate surface area is 123 Å². The third-order valence-electron chi connectivity index (χ3n) is 2.31. The summed E-state index contributed by atoms with van der Waals surface area (Å²) in [5, 5.41) is 10.5. The molecule has 20 heavy (non-hydrogen) atoms. The maximum absolute atomic E-state index is 12.1. The lowest BCUT2D eigenvalue weighted by Gasteiger charge is -2.07. The number of non-ortho nitro benzene ring substituents is 1. The van der Waals surface area contributed by atoms with E-state index < -0.39 is 14.9 Å². The number of pyridine rings is 1. The van der Waals surface area contributed by atoms with E-state index in [0.717, 1.165) is 12.1 Å². The highest BCUT2D eigenvalue weighted by Crippen LogP contribution is 2.19. The highest BCUT2D eigenvalue weighted by Gasteiger charge is 2.16. The van der Waals surface area contributed by atoms with Crippen LogP contribution in [0.15, 0.2) is 52.0 Å². The first kappa shape index (κ1) is 14.4. The molecule has 0 amide bonds. The van der Waals surface area contributed by atoms with Crippen molar-refractivity contribution in [2.24, 2.45) is 0 Å². The van der Waals surface area contributed by atoms with E-state index in [4.69, 9.17) is 0 Å². The fraction of sp³-hybridized carbons (Fsp3) is 0. The van der Waals surface area contributed by atoms with Crippen molar-refractivity contribution >= 4 is 37.5 Å². The molecule has 0 aliphatic rings. The highest BCUT2D eigenvalue weighted by atomic mass is 79.9. The van der Waals surface area contributed by atoms with Crippen molar-refractivity contribution in [2.45, 2.75) is 4.90 Å². The molecule has 0 spiro atoms. The number of nitro benzene ring substituents is 1. The van der Waals surface area contributed by atoms with Gasteiger partial charge in [0.25, 0.3) is 15.7 Å². The Morgan fingerprint density at radius 1 is 1.15 bits per heavy atom. The molecule has 0 saturated carbocycles. The van der Waals surface area contributed by atoms with Crippen LogP contribution in [0.2, 0.25) is 0 Å². The molecular formula is C11H8BrN3O4S. The molecule has 0 fully saturated rings. The van der Waals surface area contributed by atoms with Gasteiger partial charge in [0.05, 0.1) is 9.82 Å². The molecule has 1 N–H and O–H groups in total. The normalized spacial score (nSPS) is 11.1. The molecule has 0 saturated heterocycles. The summed E-state index contributed by atoms with van der Waals surface area (Å²) in [5.41, 5.74) is -0.176. The number of benzene rings is 1. The fourth-order valence-electron chi connectivity index (χ4n) is 1.41. The first-order valence-corrected chi connectivity index (χ1v) is 7.56. The molecule has 1 aromatic carbocycles. The van der Waals surface area contributed by atoms with Crippen LogP contribution in [0.25, 0.3) is 0 Å². The Kier molecular flexibility index (Phi) is 4.00. The minimum absolute atomic E-state index is 0.0788. The largest absolute Gasteiger partial charge is 0.269 e. The van der Waals surface area contributed by atoms with E-state index >= 15 is 0 Å². The molecule has 0 aliphatic carbocycles. The molecule has 0 aliphatic heterocycles. The maximum Gasteiger partial charge on any atom is 0.269 e. The van der Waals surface area contributed by atoms with Crippen LogP contribution in [0.1, 0.15) is 0 Å². The van der Waals surface area contributed by atoms with Crippen molar-refractivity contribution < 1.29 is 13.3 Å². The third-order valence-corrected chi connectivity index (χ3v) is 4.12. The van der Waals surface area contributed by atoms with Crippen molar-refractivity contribution in [3.8, 4) is 0 Å². The Bertz CT molecular complexity index is 747. The molecule has 9 heteroatoms. The third kappa shape index (κ3) is 3.31. The zero-order valence-electron chi connectivity index (χ0n) is 9.86. The molecule has 2 rings (SSSR count). The lowest BCUT2D eigenvalue weighted by molar-refractivity contribution is -0.384. The number of anilines is 1. The second-order valence-electron chi connectivity index (χ2n) is 3.70. The lowest BCUT2D eigenvalue weighted by atomic mass is 10.3. The number of halogens is 1. The quantitative estimate of drug-likeness (QED) is 0.514. The monoisotopic (exact) mass is 357 g/mol. The number of nitrogens with zero attached hydrogens (tertiary/aromatic N) is 2. The minimum Gasteiger partial charge on any atom is -0.263 e. The van der Waals surface area contributed by atoms with Gasteiger partial charge in [-0.15, -0.1) is 0 Å². The highest BCUT2D eigenvalue weighted by molar-refractivity contribution is 9.10. The van der Waals surface area contributed by atoms with Crippen LogP contribution in [0.3, 0.4) is 0 Å². The van der Waals surface area contributed by atoms with E-state index in [1.54, 1.807) is 12.1 Å². The van der Waals surface area contributed by atoms with Gasteiger partial charge in [0, 0.05) is 12.1 Å². The van der Waals surface area contributed by atoms with E-state index in [-0.39, 0.29) is 16.4 Å². The van der Waals surface area contributed by atoms with Crippen LogP contribution in [0, 0.1) is 10.1 Å². The van der Waals surface area contributed by atoms with Crippen molar-refractivity contribution in [3.63, 3.8) is 0 Å². The molecule has 1 aromatic heterocycles. The molecule has 0 radical (unpaired) electrons. The van der Waals surface area contributed by atoms with Gasteiger partial charge in [-0.2, -0.15) is 0 Å². The molecule has 104 valence electrons. The van der Waals surface area contributed by atoms with Gasteiger partial charge in [0.2, 0.25) is 0 Å². The van der Waals surface area contributed by atoms with Gasteiger partial charge in [-0.05, 0) is 40.2 Å². The summed E-state index contributed by atoms with van der Waals surface area (Å²) in [6.07, 6.45) is 0. The SMILES string of the molecule is O=[N+]([O-])c1ccc(S(=O)(=O)Nc2cccc(Br)n2)cc1. The molecule has 0 unspecified atom stereocenters. The van der Waals surface area contributed by atoms with Gasteiger partial charge in [0.1, 0.15) is 10.4 Å². The summed E-state index contributed by atoms with van der Waals surface area (Å²) < 4.78 is 26.9. The minimum atomic E-state index is -3.83. The van der Waals surface area contributed by atoms with E-state index in [0.29, 0.717) is 4.60 Å². The molecule has 7 nitrogen and oxygen atoms in total. The van der Waals surface area contributed by atoms with Crippen molar-refractivity contribution in [1.29, 1.82) is 0 Å². The number of sulfonamides is 1. The average molecular weight is 358 g/mol. The smallest absolute Gasteiger partial charge is 0.263 e. The van der Waals surface area contributed by atoms with Gasteiger partial charge in [-0.25, -0.2) is 13.4 Å². The molecular weight excluding hydrogens is 350 g/mol. The summed E-state index contributed by atoms with van der Waals surface area (Å²) in [6.45, 7) is 0. The number of nitro groups is 1. The summed E-state index contributed by atoms with van der Waals surface area (Å²) in [7, 11) is -3.83. The Hall–Kier alpha value is -2.00. The van der Waals surface area contributed by atoms with Crippen LogP contribution < -0.4 is 4.72 Å². The van der Waals surface area contributed by atoms with E-state index in [2.05, 4.69) is 25.6 Å². The standard InChI is InChI=1S/C11H8BrN3O4S/c12-10-2-1-3-11(13-10)14-20(18,19)9-6-4-8(5-7-9)15(16)17/h1-7H,(H,13,14). The number of nitrogens with one attached hydrogen (secondary N) is 1. The summed E-state index contributed by atoms with van der Waals surface area (Å²) in [5.74, 6) is 0.151. The Morgan fingerprint density at radius 2 is 1.80 bits per heavy atom. The summed E-state index contributed by atoms with van der Waals surface area (Å²) >= 11 is 3.13. The Morgan fingerprint density at radius 3 is 2.35 bits per heavy atom. The van der Waals surface area contributed by atoms with Gasteiger partial charge in [-0.3, -0.25) is 14.8 Å². The van der Waals surface area contributed by atoms with Gasteiger partial charge >= 0.3 is 0 Å². The molecule has 0 bridgehead atoms. The number of hydrogen-bond acceptors (Lipinski definition) is 5. The first-order valence-electron chi connectivity index (χ1n) is 5.28. The van der Waals surface area contributed by atoms with Crippen molar-refractivity contribution in [2.75, 3.05) is 4.72 Å². The number of rotatable bonds is 4. The van der Waals surface area contributed by atoms with E-state index in [1.807, 2.05) is 0 Å². The predicted octanol–water partition coefficient (Wildman–Crippen LogP) is 2.55. The second-order valence-corrected chi connectivity index (χ2v) is 6.20. The zero-order valence-corrected chi connectivity index (χ0v) is 12.3. The molecule has 0 atom stereocenters. The van der Waals surface area contributed by atoms with Crippen LogP contribution in [0.4, 0.5) is 11.5 Å². The van der Waals surface area contributed by atoms with Crippen LogP contribution in [0.5, 0.6) is 0 Å². The van der Waals surface area contributed by atoms with Crippen LogP contribution in [-0.2, 0) is 10.0 Å². The van der Waals surface area contributed by atoms with Gasteiger partial charge < -0.3 is 0 Å². The Balaban J connectivity index is 2.28. The maximum atomic E-state index is 12.1. The second kappa shape index (κ2) is 5.55.